The van der Waals surface area contributed by atoms with E-state index >= 15 is 0 Å². The lowest BCUT2D eigenvalue weighted by Gasteiger charge is -2.25. The predicted molar refractivity (Wildman–Crippen MR) is 88.8 cm³/mol. The largest absolute Gasteiger partial charge is 0.352 e. The number of nitrogens with zero attached hydrogens (tertiary/aromatic N) is 2. The first kappa shape index (κ1) is 16.7. The molecule has 24 heavy (non-hydrogen) atoms. The Kier molecular flexibility index (Phi) is 4.68. The number of aromatic nitrogens is 2. The number of carbonyl (C=O) groups is 1. The summed E-state index contributed by atoms with van der Waals surface area (Å²) in [5, 5.41) is 6.72. The van der Waals surface area contributed by atoms with Crippen LogP contribution in [-0.2, 0) is 34.7 Å². The fraction of sp³-hybridized carbons (Fsp3) is 0.375. The first-order valence-electron chi connectivity index (χ1n) is 7.78. The van der Waals surface area contributed by atoms with Gasteiger partial charge in [0, 0.05) is 19.3 Å². The van der Waals surface area contributed by atoms with Gasteiger partial charge in [-0.3, -0.25) is 9.48 Å². The average Bonchev–Trinajstić information content (AvgIpc) is 3.00. The standard InChI is InChI=1S/C16H20N4O3S/c1-20-11-15(9-17-20)24(22,23)18-10-16(21)19-14-7-6-12-4-2-3-5-13(12)8-14/h2-5,9,11,14,18H,6-8,10H2,1H3,(H,19,21)/t14-/m1/s1. The summed E-state index contributed by atoms with van der Waals surface area (Å²) in [5.41, 5.74) is 2.56. The minimum Gasteiger partial charge on any atom is -0.352 e. The van der Waals surface area contributed by atoms with Crippen LogP contribution in [0.3, 0.4) is 0 Å². The molecule has 0 aliphatic heterocycles. The highest BCUT2D eigenvalue weighted by molar-refractivity contribution is 7.89. The molecule has 0 saturated carbocycles. The third-order valence-electron chi connectivity index (χ3n) is 4.13. The number of benzene rings is 1. The highest BCUT2D eigenvalue weighted by Gasteiger charge is 2.21. The van der Waals surface area contributed by atoms with E-state index < -0.39 is 10.0 Å². The Morgan fingerprint density at radius 2 is 2.08 bits per heavy atom. The maximum Gasteiger partial charge on any atom is 0.244 e. The Bertz CT molecular complexity index is 845. The van der Waals surface area contributed by atoms with Gasteiger partial charge in [0.15, 0.2) is 0 Å². The summed E-state index contributed by atoms with van der Waals surface area (Å²) in [7, 11) is -2.09. The first-order valence-corrected chi connectivity index (χ1v) is 9.27. The van der Waals surface area contributed by atoms with Crippen molar-refractivity contribution in [2.75, 3.05) is 6.54 Å². The van der Waals surface area contributed by atoms with Crippen LogP contribution in [0.4, 0.5) is 0 Å². The molecule has 1 atom stereocenters. The van der Waals surface area contributed by atoms with Crippen molar-refractivity contribution in [3.05, 3.63) is 47.8 Å². The predicted octanol–water partition coefficient (Wildman–Crippen LogP) is 0.372. The summed E-state index contributed by atoms with van der Waals surface area (Å²) < 4.78 is 27.8. The minimum atomic E-state index is -3.72. The molecule has 2 N–H and O–H groups in total. The van der Waals surface area contributed by atoms with Crippen LogP contribution < -0.4 is 10.0 Å². The Hall–Kier alpha value is -2.19. The van der Waals surface area contributed by atoms with Gasteiger partial charge in [-0.1, -0.05) is 24.3 Å². The van der Waals surface area contributed by atoms with E-state index in [1.165, 1.54) is 28.2 Å². The number of aryl methyl sites for hydroxylation is 2. The molecule has 2 aromatic rings. The second kappa shape index (κ2) is 6.74. The van der Waals surface area contributed by atoms with Crippen LogP contribution in [-0.4, -0.2) is 36.7 Å². The van der Waals surface area contributed by atoms with Gasteiger partial charge in [0.05, 0.1) is 12.7 Å². The average molecular weight is 348 g/mol. The molecule has 1 heterocycles. The molecule has 3 rings (SSSR count). The Balaban J connectivity index is 1.53. The van der Waals surface area contributed by atoms with Crippen LogP contribution in [0.25, 0.3) is 0 Å². The van der Waals surface area contributed by atoms with E-state index in [1.54, 1.807) is 7.05 Å². The highest BCUT2D eigenvalue weighted by Crippen LogP contribution is 2.20. The van der Waals surface area contributed by atoms with Gasteiger partial charge in [0.1, 0.15) is 4.90 Å². The highest BCUT2D eigenvalue weighted by atomic mass is 32.2. The topological polar surface area (TPSA) is 93.1 Å². The van der Waals surface area contributed by atoms with Crippen molar-refractivity contribution in [3.8, 4) is 0 Å². The summed E-state index contributed by atoms with van der Waals surface area (Å²) >= 11 is 0. The lowest BCUT2D eigenvalue weighted by atomic mass is 9.88. The molecule has 0 saturated heterocycles. The van der Waals surface area contributed by atoms with Crippen LogP contribution in [0, 0.1) is 0 Å². The zero-order valence-electron chi connectivity index (χ0n) is 13.4. The molecule has 0 fully saturated rings. The smallest absolute Gasteiger partial charge is 0.244 e. The monoisotopic (exact) mass is 348 g/mol. The third-order valence-corrected chi connectivity index (χ3v) is 5.48. The van der Waals surface area contributed by atoms with E-state index in [9.17, 15) is 13.2 Å². The zero-order chi connectivity index (χ0) is 17.2. The van der Waals surface area contributed by atoms with Crippen molar-refractivity contribution < 1.29 is 13.2 Å². The van der Waals surface area contributed by atoms with Gasteiger partial charge >= 0.3 is 0 Å². The van der Waals surface area contributed by atoms with Crippen LogP contribution >= 0.6 is 0 Å². The van der Waals surface area contributed by atoms with Crippen LogP contribution in [0.15, 0.2) is 41.6 Å². The zero-order valence-corrected chi connectivity index (χ0v) is 14.2. The van der Waals surface area contributed by atoms with E-state index in [0.717, 1.165) is 19.3 Å². The maximum atomic E-state index is 12.1. The molecular formula is C16H20N4O3S. The van der Waals surface area contributed by atoms with Gasteiger partial charge in [0.2, 0.25) is 15.9 Å². The number of hydrogen-bond donors (Lipinski definition) is 2. The third kappa shape index (κ3) is 3.82. The number of fused-ring (bicyclic) bond motifs is 1. The summed E-state index contributed by atoms with van der Waals surface area (Å²) in [4.78, 5) is 12.1. The van der Waals surface area contributed by atoms with Crippen LogP contribution in [0.1, 0.15) is 17.5 Å². The lowest BCUT2D eigenvalue weighted by Crippen LogP contribution is -2.44. The molecule has 0 unspecified atom stereocenters. The Morgan fingerprint density at radius 1 is 1.33 bits per heavy atom. The Labute approximate surface area is 141 Å². The molecule has 0 spiro atoms. The lowest BCUT2D eigenvalue weighted by molar-refractivity contribution is -0.120. The molecule has 1 amide bonds. The summed E-state index contributed by atoms with van der Waals surface area (Å²) in [6.07, 6.45) is 5.19. The number of nitrogens with one attached hydrogen (secondary N) is 2. The minimum absolute atomic E-state index is 0.0373. The van der Waals surface area contributed by atoms with Gasteiger partial charge in [-0.15, -0.1) is 0 Å². The number of hydrogen-bond acceptors (Lipinski definition) is 4. The van der Waals surface area contributed by atoms with Crippen molar-refractivity contribution in [2.45, 2.75) is 30.2 Å². The van der Waals surface area contributed by atoms with Crippen LogP contribution in [0.5, 0.6) is 0 Å². The van der Waals surface area contributed by atoms with Crippen molar-refractivity contribution >= 4 is 15.9 Å². The first-order chi connectivity index (χ1) is 11.4. The molecule has 7 nitrogen and oxygen atoms in total. The molecule has 128 valence electrons. The van der Waals surface area contributed by atoms with Crippen LogP contribution in [0.2, 0.25) is 0 Å². The summed E-state index contributed by atoms with van der Waals surface area (Å²) in [5.74, 6) is -0.327. The molecule has 0 bridgehead atoms. The van der Waals surface area contributed by atoms with E-state index in [-0.39, 0.29) is 23.4 Å². The van der Waals surface area contributed by atoms with Gasteiger partial charge in [-0.05, 0) is 30.4 Å². The van der Waals surface area contributed by atoms with E-state index in [1.807, 2.05) is 12.1 Å². The molecule has 1 aliphatic rings. The second-order valence-corrected chi connectivity index (χ2v) is 7.72. The molecule has 8 heteroatoms. The number of amides is 1. The number of rotatable bonds is 5. The van der Waals surface area contributed by atoms with E-state index in [2.05, 4.69) is 27.3 Å². The maximum absolute atomic E-state index is 12.1. The molecular weight excluding hydrogens is 328 g/mol. The van der Waals surface area contributed by atoms with Gasteiger partial charge in [-0.2, -0.15) is 5.10 Å². The van der Waals surface area contributed by atoms with Gasteiger partial charge in [-0.25, -0.2) is 13.1 Å². The van der Waals surface area contributed by atoms with E-state index in [0.29, 0.717) is 0 Å². The van der Waals surface area contributed by atoms with Gasteiger partial charge in [0.25, 0.3) is 0 Å². The molecule has 0 radical (unpaired) electrons. The normalized spacial score (nSPS) is 17.3. The summed E-state index contributed by atoms with van der Waals surface area (Å²) in [6.45, 7) is -0.282. The van der Waals surface area contributed by atoms with E-state index in [4.69, 9.17) is 0 Å². The molecule has 1 aromatic heterocycles. The number of sulfonamides is 1. The van der Waals surface area contributed by atoms with Crippen molar-refractivity contribution in [1.82, 2.24) is 19.8 Å². The van der Waals surface area contributed by atoms with Gasteiger partial charge < -0.3 is 5.32 Å². The van der Waals surface area contributed by atoms with Crippen molar-refractivity contribution in [3.63, 3.8) is 0 Å². The molecule has 1 aliphatic carbocycles. The summed E-state index contributed by atoms with van der Waals surface area (Å²) in [6, 6.07) is 8.22. The van der Waals surface area contributed by atoms with Crippen molar-refractivity contribution in [1.29, 1.82) is 0 Å². The quantitative estimate of drug-likeness (QED) is 0.816. The second-order valence-electron chi connectivity index (χ2n) is 5.95. The van der Waals surface area contributed by atoms with Crippen molar-refractivity contribution in [2.24, 2.45) is 7.05 Å². The fourth-order valence-corrected chi connectivity index (χ4v) is 3.85. The fourth-order valence-electron chi connectivity index (χ4n) is 2.88. The Morgan fingerprint density at radius 3 is 2.79 bits per heavy atom. The number of carbonyl (C=O) groups excluding carboxylic acids is 1. The SMILES string of the molecule is Cn1cc(S(=O)(=O)NCC(=O)N[C@@H]2CCc3ccccc3C2)cn1. The molecule has 1 aromatic carbocycles.